The molecule has 1 aliphatic rings. The van der Waals surface area contributed by atoms with Crippen molar-refractivity contribution in [3.63, 3.8) is 0 Å². The quantitative estimate of drug-likeness (QED) is 0.582. The van der Waals surface area contributed by atoms with Gasteiger partial charge in [-0.1, -0.05) is 18.2 Å². The van der Waals surface area contributed by atoms with E-state index in [1.165, 1.54) is 0 Å². The molecule has 0 bridgehead atoms. The number of benzene rings is 2. The van der Waals surface area contributed by atoms with Gasteiger partial charge in [-0.2, -0.15) is 0 Å². The third-order valence-electron chi connectivity index (χ3n) is 4.57. The van der Waals surface area contributed by atoms with Gasteiger partial charge in [0.25, 0.3) is 5.91 Å². The van der Waals surface area contributed by atoms with Crippen LogP contribution in [0.15, 0.2) is 66.9 Å². The number of nitrogens with one attached hydrogen (secondary N) is 2. The van der Waals surface area contributed by atoms with E-state index >= 15 is 0 Å². The van der Waals surface area contributed by atoms with Crippen LogP contribution in [0.25, 0.3) is 0 Å². The van der Waals surface area contributed by atoms with E-state index in [1.54, 1.807) is 24.4 Å². The Morgan fingerprint density at radius 1 is 0.968 bits per heavy atom. The van der Waals surface area contributed by atoms with Gasteiger partial charge in [-0.15, -0.1) is 0 Å². The lowest BCUT2D eigenvalue weighted by atomic mass is 10.2. The Bertz CT molecular complexity index is 1050. The molecule has 0 radical (unpaired) electrons. The highest BCUT2D eigenvalue weighted by Crippen LogP contribution is 2.32. The zero-order valence-electron chi connectivity index (χ0n) is 16.7. The summed E-state index contributed by atoms with van der Waals surface area (Å²) >= 11 is 0. The van der Waals surface area contributed by atoms with Gasteiger partial charge in [0.2, 0.25) is 12.7 Å². The van der Waals surface area contributed by atoms with Crippen molar-refractivity contribution < 1.29 is 23.8 Å². The number of carbonyl (C=O) groups is 2. The fourth-order valence-corrected chi connectivity index (χ4v) is 2.91. The number of pyridine rings is 1. The standard InChI is InChI=1S/C23H21N3O5/c27-22(13-26-23(28)17-6-9-20-21(11-17)31-15-30-20)25-12-16-4-7-19(8-5-16)29-14-18-3-1-2-10-24-18/h1-11H,12-15H2,(H,25,27)(H,26,28). The number of nitrogens with zero attached hydrogens (tertiary/aromatic N) is 1. The topological polar surface area (TPSA) is 98.8 Å². The van der Waals surface area contributed by atoms with Gasteiger partial charge in [-0.25, -0.2) is 0 Å². The zero-order chi connectivity index (χ0) is 21.5. The minimum Gasteiger partial charge on any atom is -0.487 e. The average Bonchev–Trinajstić information content (AvgIpc) is 3.29. The summed E-state index contributed by atoms with van der Waals surface area (Å²) in [5.74, 6) is 1.19. The number of hydrogen-bond acceptors (Lipinski definition) is 6. The molecule has 0 unspecified atom stereocenters. The van der Waals surface area contributed by atoms with Crippen molar-refractivity contribution in [2.24, 2.45) is 0 Å². The molecule has 2 amide bonds. The van der Waals surface area contributed by atoms with E-state index in [-0.39, 0.29) is 25.2 Å². The summed E-state index contributed by atoms with van der Waals surface area (Å²) in [4.78, 5) is 28.5. The van der Waals surface area contributed by atoms with Crippen molar-refractivity contribution in [3.8, 4) is 17.2 Å². The molecule has 0 aliphatic carbocycles. The van der Waals surface area contributed by atoms with Crippen LogP contribution < -0.4 is 24.8 Å². The smallest absolute Gasteiger partial charge is 0.251 e. The second-order valence-electron chi connectivity index (χ2n) is 6.78. The van der Waals surface area contributed by atoms with Gasteiger partial charge in [0.1, 0.15) is 12.4 Å². The van der Waals surface area contributed by atoms with Crippen LogP contribution in [0.5, 0.6) is 17.2 Å². The van der Waals surface area contributed by atoms with Gasteiger partial charge < -0.3 is 24.8 Å². The molecule has 0 fully saturated rings. The predicted octanol–water partition coefficient (Wildman–Crippen LogP) is 2.44. The van der Waals surface area contributed by atoms with Gasteiger partial charge in [0.05, 0.1) is 12.2 Å². The number of fused-ring (bicyclic) bond motifs is 1. The molecule has 158 valence electrons. The Labute approximate surface area is 179 Å². The second kappa shape index (κ2) is 9.62. The summed E-state index contributed by atoms with van der Waals surface area (Å²) < 4.78 is 16.2. The normalized spacial score (nSPS) is 11.6. The lowest BCUT2D eigenvalue weighted by molar-refractivity contribution is -0.120. The molecule has 1 aliphatic heterocycles. The maximum absolute atomic E-state index is 12.2. The monoisotopic (exact) mass is 419 g/mol. The maximum atomic E-state index is 12.2. The molecule has 2 heterocycles. The van der Waals surface area contributed by atoms with E-state index in [1.807, 2.05) is 42.5 Å². The number of hydrogen-bond donors (Lipinski definition) is 2. The summed E-state index contributed by atoms with van der Waals surface area (Å²) in [6.07, 6.45) is 1.72. The van der Waals surface area contributed by atoms with Crippen LogP contribution in [0, 0.1) is 0 Å². The number of aromatic nitrogens is 1. The van der Waals surface area contributed by atoms with Crippen LogP contribution in [0.2, 0.25) is 0 Å². The van der Waals surface area contributed by atoms with Crippen molar-refractivity contribution in [1.29, 1.82) is 0 Å². The van der Waals surface area contributed by atoms with E-state index in [4.69, 9.17) is 14.2 Å². The zero-order valence-corrected chi connectivity index (χ0v) is 16.7. The first-order chi connectivity index (χ1) is 15.2. The Balaban J connectivity index is 1.19. The lowest BCUT2D eigenvalue weighted by Gasteiger charge is -2.09. The lowest BCUT2D eigenvalue weighted by Crippen LogP contribution is -2.36. The summed E-state index contributed by atoms with van der Waals surface area (Å²) in [6, 6.07) is 18.0. The highest BCUT2D eigenvalue weighted by Gasteiger charge is 2.16. The number of rotatable bonds is 8. The Morgan fingerprint density at radius 2 is 1.81 bits per heavy atom. The van der Waals surface area contributed by atoms with E-state index in [9.17, 15) is 9.59 Å². The van der Waals surface area contributed by atoms with Gasteiger partial charge >= 0.3 is 0 Å². The molecule has 8 nitrogen and oxygen atoms in total. The number of carbonyl (C=O) groups excluding carboxylic acids is 2. The summed E-state index contributed by atoms with van der Waals surface area (Å²) in [5.41, 5.74) is 2.17. The Kier molecular flexibility index (Phi) is 6.27. The minimum atomic E-state index is -0.358. The van der Waals surface area contributed by atoms with Gasteiger partial charge in [-0.3, -0.25) is 14.6 Å². The molecule has 4 rings (SSSR count). The number of amides is 2. The van der Waals surface area contributed by atoms with Crippen LogP contribution in [-0.2, 0) is 17.9 Å². The third kappa shape index (κ3) is 5.51. The molecule has 3 aromatic rings. The van der Waals surface area contributed by atoms with Crippen LogP contribution >= 0.6 is 0 Å². The van der Waals surface area contributed by atoms with Crippen LogP contribution in [0.3, 0.4) is 0 Å². The SMILES string of the molecule is O=C(CNC(=O)c1ccc2c(c1)OCO2)NCc1ccc(OCc2ccccn2)cc1. The van der Waals surface area contributed by atoms with Crippen LogP contribution in [-0.4, -0.2) is 30.1 Å². The third-order valence-corrected chi connectivity index (χ3v) is 4.57. The fraction of sp³-hybridized carbons (Fsp3) is 0.174. The molecular formula is C23H21N3O5. The summed E-state index contributed by atoms with van der Waals surface area (Å²) in [6.45, 7) is 0.748. The maximum Gasteiger partial charge on any atom is 0.251 e. The molecule has 1 aromatic heterocycles. The molecule has 0 atom stereocenters. The van der Waals surface area contributed by atoms with Gasteiger partial charge in [0, 0.05) is 18.3 Å². The molecule has 0 saturated carbocycles. The van der Waals surface area contributed by atoms with E-state index < -0.39 is 0 Å². The first-order valence-electron chi connectivity index (χ1n) is 9.73. The molecule has 31 heavy (non-hydrogen) atoms. The van der Waals surface area contributed by atoms with Crippen molar-refractivity contribution in [1.82, 2.24) is 15.6 Å². The van der Waals surface area contributed by atoms with Gasteiger partial charge in [-0.05, 0) is 48.0 Å². The van der Waals surface area contributed by atoms with Crippen LogP contribution in [0.4, 0.5) is 0 Å². The van der Waals surface area contributed by atoms with Gasteiger partial charge in [0.15, 0.2) is 11.5 Å². The predicted molar refractivity (Wildman–Crippen MR) is 112 cm³/mol. The molecule has 0 saturated heterocycles. The van der Waals surface area contributed by atoms with Crippen molar-refractivity contribution >= 4 is 11.8 Å². The van der Waals surface area contributed by atoms with Crippen molar-refractivity contribution in [2.45, 2.75) is 13.2 Å². The van der Waals surface area contributed by atoms with E-state index in [2.05, 4.69) is 15.6 Å². The van der Waals surface area contributed by atoms with Crippen molar-refractivity contribution in [2.75, 3.05) is 13.3 Å². The first-order valence-corrected chi connectivity index (χ1v) is 9.73. The molecule has 2 N–H and O–H groups in total. The molecule has 8 heteroatoms. The number of ether oxygens (including phenoxy) is 3. The highest BCUT2D eigenvalue weighted by molar-refractivity contribution is 5.97. The second-order valence-corrected chi connectivity index (χ2v) is 6.78. The summed E-state index contributed by atoms with van der Waals surface area (Å²) in [5, 5.41) is 5.37. The van der Waals surface area contributed by atoms with E-state index in [0.717, 1.165) is 17.0 Å². The Hall–Kier alpha value is -4.07. The molecular weight excluding hydrogens is 398 g/mol. The highest BCUT2D eigenvalue weighted by atomic mass is 16.7. The van der Waals surface area contributed by atoms with Crippen LogP contribution in [0.1, 0.15) is 21.6 Å². The van der Waals surface area contributed by atoms with Crippen molar-refractivity contribution in [3.05, 3.63) is 83.7 Å². The summed E-state index contributed by atoms with van der Waals surface area (Å²) in [7, 11) is 0. The fourth-order valence-electron chi connectivity index (χ4n) is 2.91. The first kappa shape index (κ1) is 20.2. The Morgan fingerprint density at radius 3 is 2.61 bits per heavy atom. The minimum absolute atomic E-state index is 0.126. The largest absolute Gasteiger partial charge is 0.487 e. The average molecular weight is 419 g/mol. The molecule has 2 aromatic carbocycles. The molecule has 0 spiro atoms. The van der Waals surface area contributed by atoms with E-state index in [0.29, 0.717) is 30.2 Å².